The number of methoxy groups -OCH3 is 2. The fraction of sp³-hybridized carbons (Fsp3) is 0.207. The largest absolute Gasteiger partial charge is 0.497 e. The molecule has 3 amide bonds. The first kappa shape index (κ1) is 26.4. The maximum absolute atomic E-state index is 13.4. The number of carbonyl (C=O) groups excluding carboxylic acids is 3. The maximum atomic E-state index is 13.4. The number of rotatable bonds is 9. The van der Waals surface area contributed by atoms with Crippen molar-refractivity contribution in [1.29, 1.82) is 0 Å². The molecule has 0 aromatic heterocycles. The van der Waals surface area contributed by atoms with Crippen molar-refractivity contribution >= 4 is 29.5 Å². The van der Waals surface area contributed by atoms with Gasteiger partial charge in [0.15, 0.2) is 0 Å². The first-order chi connectivity index (χ1) is 18.4. The van der Waals surface area contributed by atoms with E-state index >= 15 is 0 Å². The van der Waals surface area contributed by atoms with Crippen LogP contribution in [0.5, 0.6) is 11.5 Å². The second-order valence-electron chi connectivity index (χ2n) is 8.87. The van der Waals surface area contributed by atoms with Crippen molar-refractivity contribution in [1.82, 2.24) is 10.8 Å². The van der Waals surface area contributed by atoms with Crippen LogP contribution < -0.4 is 25.6 Å². The Kier molecular flexibility index (Phi) is 8.40. The zero-order chi connectivity index (χ0) is 27.1. The minimum absolute atomic E-state index is 0.143. The number of amides is 3. The molecule has 0 heterocycles. The first-order valence-electron chi connectivity index (χ1n) is 12.0. The Morgan fingerprint density at radius 3 is 2.24 bits per heavy atom. The van der Waals surface area contributed by atoms with E-state index < -0.39 is 17.9 Å². The van der Waals surface area contributed by atoms with Crippen LogP contribution in [0.15, 0.2) is 72.8 Å². The first-order valence-corrected chi connectivity index (χ1v) is 12.0. The third-order valence-electron chi connectivity index (χ3n) is 6.50. The number of benzene rings is 3. The van der Waals surface area contributed by atoms with E-state index in [1.54, 1.807) is 56.1 Å². The summed E-state index contributed by atoms with van der Waals surface area (Å²) in [6.07, 6.45) is 4.27. The number of hydrogen-bond acceptors (Lipinski definition) is 6. The second-order valence-corrected chi connectivity index (χ2v) is 8.87. The fourth-order valence-electron chi connectivity index (χ4n) is 4.55. The lowest BCUT2D eigenvalue weighted by Gasteiger charge is -2.23. The van der Waals surface area contributed by atoms with Crippen LogP contribution in [0.1, 0.15) is 27.0 Å². The number of hydrogen-bond donors (Lipinski definition) is 4. The minimum Gasteiger partial charge on any atom is -0.497 e. The third kappa shape index (κ3) is 6.19. The van der Waals surface area contributed by atoms with E-state index in [1.165, 1.54) is 18.2 Å². The molecule has 4 N–H and O–H groups in total. The average molecular weight is 516 g/mol. The smallest absolute Gasteiger partial charge is 0.274 e. The molecule has 9 nitrogen and oxygen atoms in total. The van der Waals surface area contributed by atoms with Crippen molar-refractivity contribution in [2.45, 2.75) is 18.9 Å². The number of ether oxygens (including phenoxy) is 2. The highest BCUT2D eigenvalue weighted by Crippen LogP contribution is 2.30. The van der Waals surface area contributed by atoms with E-state index in [2.05, 4.69) is 10.6 Å². The molecular formula is C29H29N3O6. The molecule has 4 rings (SSSR count). The van der Waals surface area contributed by atoms with Crippen LogP contribution >= 0.6 is 0 Å². The van der Waals surface area contributed by atoms with Gasteiger partial charge in [-0.3, -0.25) is 19.6 Å². The molecule has 0 radical (unpaired) electrons. The van der Waals surface area contributed by atoms with Gasteiger partial charge in [0, 0.05) is 22.9 Å². The van der Waals surface area contributed by atoms with Crippen LogP contribution in [0, 0.1) is 5.92 Å². The Labute approximate surface area is 220 Å². The lowest BCUT2D eigenvalue weighted by Crippen LogP contribution is -2.48. The van der Waals surface area contributed by atoms with Gasteiger partial charge < -0.3 is 20.1 Å². The summed E-state index contributed by atoms with van der Waals surface area (Å²) in [6, 6.07) is 18.5. The molecule has 0 aliphatic heterocycles. The zero-order valence-corrected chi connectivity index (χ0v) is 21.1. The van der Waals surface area contributed by atoms with Crippen LogP contribution in [0.25, 0.3) is 6.08 Å². The van der Waals surface area contributed by atoms with Crippen molar-refractivity contribution in [2.75, 3.05) is 19.5 Å². The summed E-state index contributed by atoms with van der Waals surface area (Å²) in [4.78, 5) is 38.0. The second kappa shape index (κ2) is 12.1. The molecule has 38 heavy (non-hydrogen) atoms. The molecule has 3 aromatic rings. The van der Waals surface area contributed by atoms with E-state index in [4.69, 9.17) is 14.7 Å². The van der Waals surface area contributed by atoms with Crippen molar-refractivity contribution in [3.63, 3.8) is 0 Å². The minimum atomic E-state index is -0.813. The normalized spacial score (nSPS) is 13.4. The van der Waals surface area contributed by atoms with Crippen LogP contribution in [-0.4, -0.2) is 43.2 Å². The van der Waals surface area contributed by atoms with E-state index in [1.807, 2.05) is 24.3 Å². The zero-order valence-electron chi connectivity index (χ0n) is 21.1. The lowest BCUT2D eigenvalue weighted by atomic mass is 9.95. The summed E-state index contributed by atoms with van der Waals surface area (Å²) in [5.41, 5.74) is 5.22. The molecule has 9 heteroatoms. The Morgan fingerprint density at radius 2 is 1.63 bits per heavy atom. The van der Waals surface area contributed by atoms with Gasteiger partial charge in [-0.15, -0.1) is 0 Å². The number of fused-ring (bicyclic) bond motifs is 1. The van der Waals surface area contributed by atoms with E-state index in [9.17, 15) is 14.4 Å². The predicted molar refractivity (Wildman–Crippen MR) is 142 cm³/mol. The summed E-state index contributed by atoms with van der Waals surface area (Å²) in [5.74, 6) is -0.404. The quantitative estimate of drug-likeness (QED) is 0.197. The van der Waals surface area contributed by atoms with Gasteiger partial charge in [0.05, 0.1) is 14.2 Å². The fourth-order valence-corrected chi connectivity index (χ4v) is 4.55. The summed E-state index contributed by atoms with van der Waals surface area (Å²) in [7, 11) is 3.10. The van der Waals surface area contributed by atoms with Crippen molar-refractivity contribution in [3.05, 3.63) is 95.1 Å². The van der Waals surface area contributed by atoms with Crippen LogP contribution in [0.3, 0.4) is 0 Å². The van der Waals surface area contributed by atoms with Crippen LogP contribution in [0.2, 0.25) is 0 Å². The van der Waals surface area contributed by atoms with Crippen LogP contribution in [-0.2, 0) is 22.4 Å². The van der Waals surface area contributed by atoms with Gasteiger partial charge in [-0.1, -0.05) is 24.3 Å². The monoisotopic (exact) mass is 515 g/mol. The lowest BCUT2D eigenvalue weighted by molar-refractivity contribution is -0.125. The molecule has 1 aliphatic carbocycles. The van der Waals surface area contributed by atoms with E-state index in [-0.39, 0.29) is 17.4 Å². The molecule has 1 aliphatic rings. The maximum Gasteiger partial charge on any atom is 0.274 e. The number of hydroxylamine groups is 1. The van der Waals surface area contributed by atoms with Gasteiger partial charge in [-0.25, -0.2) is 5.48 Å². The number of nitrogens with one attached hydrogen (secondary N) is 3. The molecule has 1 unspecified atom stereocenters. The highest BCUT2D eigenvalue weighted by atomic mass is 16.5. The van der Waals surface area contributed by atoms with E-state index in [0.29, 0.717) is 35.6 Å². The molecular weight excluding hydrogens is 486 g/mol. The van der Waals surface area contributed by atoms with Crippen molar-refractivity contribution in [3.8, 4) is 11.5 Å². The van der Waals surface area contributed by atoms with Gasteiger partial charge in [0.25, 0.3) is 5.91 Å². The van der Waals surface area contributed by atoms with Crippen molar-refractivity contribution < 1.29 is 29.1 Å². The highest BCUT2D eigenvalue weighted by molar-refractivity contribution is 6.01. The standard InChI is InChI=1S/C29H29N3O6/c1-37-24-12-13-25(38-2)21(17-24)9-14-26(33)31-27(22-15-19-5-3-4-6-20(19)16-22)29(35)30-23-10-7-18(8-11-23)28(34)32-36/h3-14,17,22,27,36H,15-16H2,1-2H3,(H,30,35)(H,31,33)(H,32,34)/b14-9+. The third-order valence-corrected chi connectivity index (χ3v) is 6.50. The average Bonchev–Trinajstić information content (AvgIpc) is 3.38. The van der Waals surface area contributed by atoms with Crippen LogP contribution in [0.4, 0.5) is 5.69 Å². The number of carbonyl (C=O) groups is 3. The summed E-state index contributed by atoms with van der Waals surface area (Å²) in [6.45, 7) is 0. The highest BCUT2D eigenvalue weighted by Gasteiger charge is 2.34. The molecule has 196 valence electrons. The molecule has 0 fully saturated rings. The molecule has 0 saturated carbocycles. The molecule has 0 spiro atoms. The molecule has 3 aromatic carbocycles. The number of anilines is 1. The van der Waals surface area contributed by atoms with Gasteiger partial charge >= 0.3 is 0 Å². The van der Waals surface area contributed by atoms with Gasteiger partial charge in [0.1, 0.15) is 17.5 Å². The Hall–Kier alpha value is -4.63. The summed E-state index contributed by atoms with van der Waals surface area (Å²) < 4.78 is 10.6. The van der Waals surface area contributed by atoms with E-state index in [0.717, 1.165) is 11.1 Å². The molecule has 1 atom stereocenters. The molecule has 0 saturated heterocycles. The van der Waals surface area contributed by atoms with Gasteiger partial charge in [-0.05, 0) is 78.4 Å². The molecule has 0 bridgehead atoms. The Bertz CT molecular complexity index is 1330. The van der Waals surface area contributed by atoms with Crippen molar-refractivity contribution in [2.24, 2.45) is 5.92 Å². The Balaban J connectivity index is 1.53. The summed E-state index contributed by atoms with van der Waals surface area (Å²) >= 11 is 0. The predicted octanol–water partition coefficient (Wildman–Crippen LogP) is 3.37. The Morgan fingerprint density at radius 1 is 0.947 bits per heavy atom. The van der Waals surface area contributed by atoms with Gasteiger partial charge in [0.2, 0.25) is 11.8 Å². The summed E-state index contributed by atoms with van der Waals surface area (Å²) in [5, 5.41) is 14.5. The SMILES string of the molecule is COc1ccc(OC)c(/C=C/C(=O)NC(C(=O)Nc2ccc(C(=O)NO)cc2)C2Cc3ccccc3C2)c1. The van der Waals surface area contributed by atoms with Gasteiger partial charge in [-0.2, -0.15) is 0 Å². The topological polar surface area (TPSA) is 126 Å².